The molecular formula is C24H32N6O2. The summed E-state index contributed by atoms with van der Waals surface area (Å²) < 4.78 is 7.47. The first-order valence-corrected chi connectivity index (χ1v) is 11.3. The topological polar surface area (TPSA) is 85.2 Å². The lowest BCUT2D eigenvalue weighted by molar-refractivity contribution is 0.0954. The molecule has 8 nitrogen and oxygen atoms in total. The molecule has 2 atom stereocenters. The second-order valence-corrected chi connectivity index (χ2v) is 8.75. The number of imidazole rings is 1. The van der Waals surface area contributed by atoms with Gasteiger partial charge in [-0.25, -0.2) is 19.7 Å². The summed E-state index contributed by atoms with van der Waals surface area (Å²) in [4.78, 5) is 27.6. The van der Waals surface area contributed by atoms with Gasteiger partial charge in [-0.2, -0.15) is 0 Å². The number of ether oxygens (including phenoxy) is 1. The molecule has 0 saturated heterocycles. The van der Waals surface area contributed by atoms with Gasteiger partial charge in [0.25, 0.3) is 0 Å². The van der Waals surface area contributed by atoms with E-state index in [-0.39, 0.29) is 6.09 Å². The van der Waals surface area contributed by atoms with E-state index in [0.29, 0.717) is 44.0 Å². The molecule has 0 saturated carbocycles. The molecule has 1 N–H and O–H groups in total. The Morgan fingerprint density at radius 2 is 2.25 bits per heavy atom. The second-order valence-electron chi connectivity index (χ2n) is 8.75. The number of rotatable bonds is 7. The molecular weight excluding hydrogens is 404 g/mol. The lowest BCUT2D eigenvalue weighted by Gasteiger charge is -2.29. The van der Waals surface area contributed by atoms with Crippen LogP contribution in [0.4, 0.5) is 10.7 Å². The fourth-order valence-electron chi connectivity index (χ4n) is 4.39. The van der Waals surface area contributed by atoms with Gasteiger partial charge >= 0.3 is 6.09 Å². The third-order valence-electron chi connectivity index (χ3n) is 6.00. The molecule has 1 amide bonds. The van der Waals surface area contributed by atoms with Crippen molar-refractivity contribution >= 4 is 12.0 Å². The van der Waals surface area contributed by atoms with Crippen molar-refractivity contribution in [2.24, 2.45) is 5.92 Å². The summed E-state index contributed by atoms with van der Waals surface area (Å²) >= 11 is 0. The van der Waals surface area contributed by atoms with E-state index in [1.807, 2.05) is 30.0 Å². The Morgan fingerprint density at radius 1 is 1.38 bits per heavy atom. The van der Waals surface area contributed by atoms with Gasteiger partial charge < -0.3 is 19.5 Å². The Kier molecular flexibility index (Phi) is 6.87. The Hall–Kier alpha value is -3.16. The number of nitrogens with one attached hydrogen (secondary N) is 1. The van der Waals surface area contributed by atoms with Crippen LogP contribution in [0.5, 0.6) is 0 Å². The number of hydrogen-bond donors (Lipinski definition) is 1. The van der Waals surface area contributed by atoms with Crippen molar-refractivity contribution in [3.05, 3.63) is 60.0 Å². The van der Waals surface area contributed by atoms with Gasteiger partial charge in [-0.3, -0.25) is 0 Å². The maximum atomic E-state index is 12.5. The van der Waals surface area contributed by atoms with Crippen LogP contribution in [0.3, 0.4) is 0 Å². The third kappa shape index (κ3) is 5.55. The minimum Gasteiger partial charge on any atom is -0.449 e. The molecule has 0 bridgehead atoms. The molecule has 8 heteroatoms. The quantitative estimate of drug-likeness (QED) is 0.524. The summed E-state index contributed by atoms with van der Waals surface area (Å²) in [6, 6.07) is 0.308. The number of fused-ring (bicyclic) bond motifs is 1. The molecule has 1 aliphatic carbocycles. The zero-order chi connectivity index (χ0) is 22.5. The Bertz CT molecular complexity index is 998. The van der Waals surface area contributed by atoms with E-state index in [1.54, 1.807) is 11.2 Å². The summed E-state index contributed by atoms with van der Waals surface area (Å²) in [6.45, 7) is 10.3. The van der Waals surface area contributed by atoms with Crippen LogP contribution < -0.4 is 5.32 Å². The number of allylic oxidation sites excluding steroid dienone is 2. The van der Waals surface area contributed by atoms with Crippen molar-refractivity contribution < 1.29 is 9.53 Å². The number of aromatic nitrogens is 4. The van der Waals surface area contributed by atoms with E-state index in [9.17, 15) is 4.79 Å². The lowest BCUT2D eigenvalue weighted by Crippen LogP contribution is -2.37. The SMILES string of the molecule is C=CC1C=C(C)CC(Nc2ncc3c(n2)CCN(C(=O)OCCCn2cnc(C)c2)C3)C1. The highest BCUT2D eigenvalue weighted by Crippen LogP contribution is 2.26. The summed E-state index contributed by atoms with van der Waals surface area (Å²) in [5.41, 5.74) is 4.34. The smallest absolute Gasteiger partial charge is 0.410 e. The van der Waals surface area contributed by atoms with Gasteiger partial charge in [-0.15, -0.1) is 6.58 Å². The number of aryl methyl sites for hydroxylation is 2. The Balaban J connectivity index is 1.26. The highest BCUT2D eigenvalue weighted by atomic mass is 16.6. The molecule has 2 aliphatic rings. The molecule has 0 fully saturated rings. The lowest BCUT2D eigenvalue weighted by atomic mass is 9.87. The van der Waals surface area contributed by atoms with Gasteiger partial charge in [0.2, 0.25) is 5.95 Å². The normalized spacial score (nSPS) is 20.3. The van der Waals surface area contributed by atoms with Crippen molar-refractivity contribution in [2.75, 3.05) is 18.5 Å². The number of nitrogens with zero attached hydrogens (tertiary/aromatic N) is 5. The first-order valence-electron chi connectivity index (χ1n) is 11.3. The molecule has 0 spiro atoms. The summed E-state index contributed by atoms with van der Waals surface area (Å²) in [7, 11) is 0. The van der Waals surface area contributed by atoms with Crippen LogP contribution in [0, 0.1) is 12.8 Å². The van der Waals surface area contributed by atoms with Gasteiger partial charge in [-0.1, -0.05) is 17.7 Å². The zero-order valence-corrected chi connectivity index (χ0v) is 19.0. The van der Waals surface area contributed by atoms with Crippen molar-refractivity contribution in [1.82, 2.24) is 24.4 Å². The van der Waals surface area contributed by atoms with Crippen LogP contribution in [0.2, 0.25) is 0 Å². The van der Waals surface area contributed by atoms with E-state index in [2.05, 4.69) is 34.9 Å². The summed E-state index contributed by atoms with van der Waals surface area (Å²) in [6.07, 6.45) is 13.1. The van der Waals surface area contributed by atoms with Gasteiger partial charge in [0.05, 0.1) is 30.9 Å². The maximum Gasteiger partial charge on any atom is 0.410 e. The van der Waals surface area contributed by atoms with E-state index >= 15 is 0 Å². The molecule has 1 aliphatic heterocycles. The molecule has 3 heterocycles. The van der Waals surface area contributed by atoms with Crippen LogP contribution in [0.1, 0.15) is 43.1 Å². The molecule has 4 rings (SSSR count). The Morgan fingerprint density at radius 3 is 3.03 bits per heavy atom. The van der Waals surface area contributed by atoms with E-state index in [4.69, 9.17) is 9.72 Å². The largest absolute Gasteiger partial charge is 0.449 e. The van der Waals surface area contributed by atoms with Gasteiger partial charge in [0, 0.05) is 43.5 Å². The van der Waals surface area contributed by atoms with Crippen molar-refractivity contribution in [2.45, 2.75) is 58.7 Å². The van der Waals surface area contributed by atoms with Crippen LogP contribution in [0.25, 0.3) is 0 Å². The fourth-order valence-corrected chi connectivity index (χ4v) is 4.39. The van der Waals surface area contributed by atoms with Crippen molar-refractivity contribution in [3.63, 3.8) is 0 Å². The number of anilines is 1. The third-order valence-corrected chi connectivity index (χ3v) is 6.00. The minimum atomic E-state index is -0.278. The van der Waals surface area contributed by atoms with Crippen molar-refractivity contribution in [1.29, 1.82) is 0 Å². The summed E-state index contributed by atoms with van der Waals surface area (Å²) in [5.74, 6) is 1.06. The summed E-state index contributed by atoms with van der Waals surface area (Å²) in [5, 5.41) is 3.49. The highest BCUT2D eigenvalue weighted by molar-refractivity contribution is 5.68. The monoisotopic (exact) mass is 436 g/mol. The molecule has 0 aromatic carbocycles. The van der Waals surface area contributed by atoms with Crippen LogP contribution in [0.15, 0.2) is 43.0 Å². The Labute approximate surface area is 189 Å². The molecule has 2 aromatic heterocycles. The van der Waals surface area contributed by atoms with Gasteiger partial charge in [0.1, 0.15) is 0 Å². The molecule has 32 heavy (non-hydrogen) atoms. The van der Waals surface area contributed by atoms with Crippen LogP contribution in [-0.4, -0.2) is 49.7 Å². The predicted molar refractivity (Wildman–Crippen MR) is 123 cm³/mol. The maximum absolute atomic E-state index is 12.5. The first-order chi connectivity index (χ1) is 15.5. The predicted octanol–water partition coefficient (Wildman–Crippen LogP) is 3.89. The van der Waals surface area contributed by atoms with Gasteiger partial charge in [0.15, 0.2) is 0 Å². The zero-order valence-electron chi connectivity index (χ0n) is 19.0. The molecule has 2 aromatic rings. The number of carbonyl (C=O) groups is 1. The minimum absolute atomic E-state index is 0.278. The molecule has 2 unspecified atom stereocenters. The van der Waals surface area contributed by atoms with Gasteiger partial charge in [-0.05, 0) is 39.0 Å². The van der Waals surface area contributed by atoms with Crippen LogP contribution >= 0.6 is 0 Å². The van der Waals surface area contributed by atoms with E-state index in [0.717, 1.165) is 42.8 Å². The first kappa shape index (κ1) is 22.0. The molecule has 0 radical (unpaired) electrons. The van der Waals surface area contributed by atoms with Crippen molar-refractivity contribution in [3.8, 4) is 0 Å². The van der Waals surface area contributed by atoms with Crippen LogP contribution in [-0.2, 0) is 24.2 Å². The van der Waals surface area contributed by atoms with E-state index < -0.39 is 0 Å². The fraction of sp³-hybridized carbons (Fsp3) is 0.500. The standard InChI is InChI=1S/C24H32N6O2/c1-4-19-10-17(2)11-21(12-19)27-23-25-13-20-15-30(8-6-22(20)28-23)24(31)32-9-5-7-29-14-18(3)26-16-29/h4,10,13-14,16,19,21H,1,5-9,11-12,15H2,2-3H3,(H,25,27,28). The average molecular weight is 437 g/mol. The number of hydrogen-bond acceptors (Lipinski definition) is 6. The second kappa shape index (κ2) is 9.97. The van der Waals surface area contributed by atoms with E-state index in [1.165, 1.54) is 5.57 Å². The average Bonchev–Trinajstić information content (AvgIpc) is 3.20. The number of amides is 1. The highest BCUT2D eigenvalue weighted by Gasteiger charge is 2.24. The number of carbonyl (C=O) groups excluding carboxylic acids is 1. The molecule has 170 valence electrons.